The van der Waals surface area contributed by atoms with Crippen molar-refractivity contribution in [1.29, 1.82) is 0 Å². The summed E-state index contributed by atoms with van der Waals surface area (Å²) >= 11 is 0. The van der Waals surface area contributed by atoms with Gasteiger partial charge in [-0.15, -0.1) is 0 Å². The first-order valence-corrected chi connectivity index (χ1v) is 8.32. The largest absolute Gasteiger partial charge is 0.496 e. The number of hydrogen-bond acceptors (Lipinski definition) is 3. The van der Waals surface area contributed by atoms with E-state index in [4.69, 9.17) is 4.74 Å². The summed E-state index contributed by atoms with van der Waals surface area (Å²) in [7, 11) is 1.76. The predicted octanol–water partition coefficient (Wildman–Crippen LogP) is 3.30. The number of nitrogens with zero attached hydrogens (tertiary/aromatic N) is 1. The van der Waals surface area contributed by atoms with Gasteiger partial charge >= 0.3 is 0 Å². The van der Waals surface area contributed by atoms with E-state index in [1.54, 1.807) is 7.11 Å². The first-order valence-electron chi connectivity index (χ1n) is 8.32. The lowest BCUT2D eigenvalue weighted by Gasteiger charge is -2.36. The van der Waals surface area contributed by atoms with Crippen LogP contribution in [0.2, 0.25) is 0 Å². The molecule has 1 saturated heterocycles. The van der Waals surface area contributed by atoms with Crippen molar-refractivity contribution in [2.24, 2.45) is 5.92 Å². The zero-order chi connectivity index (χ0) is 15.1. The highest BCUT2D eigenvalue weighted by Crippen LogP contribution is 2.24. The molecule has 0 aromatic heterocycles. The van der Waals surface area contributed by atoms with Crippen LogP contribution in [0.3, 0.4) is 0 Å². The average molecular weight is 290 g/mol. The summed E-state index contributed by atoms with van der Waals surface area (Å²) in [6.45, 7) is 9.09. The van der Waals surface area contributed by atoms with E-state index in [0.717, 1.165) is 24.8 Å². The molecule has 1 aromatic rings. The van der Waals surface area contributed by atoms with Gasteiger partial charge in [-0.25, -0.2) is 0 Å². The third-order valence-electron chi connectivity index (χ3n) is 4.55. The van der Waals surface area contributed by atoms with Gasteiger partial charge in [0.05, 0.1) is 7.11 Å². The predicted molar refractivity (Wildman–Crippen MR) is 88.8 cm³/mol. The third-order valence-corrected chi connectivity index (χ3v) is 4.55. The monoisotopic (exact) mass is 290 g/mol. The van der Waals surface area contributed by atoms with E-state index in [-0.39, 0.29) is 0 Å². The summed E-state index contributed by atoms with van der Waals surface area (Å²) < 4.78 is 5.48. The standard InChI is InChI=1S/C18H30N2O/c1-4-11-19-15(2)16-9-7-12-20(13-16)14-17-8-5-6-10-18(17)21-3/h5-6,8,10,15-16,19H,4,7,9,11-14H2,1-3H3. The number of likely N-dealkylation sites (tertiary alicyclic amines) is 1. The average Bonchev–Trinajstić information content (AvgIpc) is 2.53. The maximum absolute atomic E-state index is 5.48. The highest BCUT2D eigenvalue weighted by atomic mass is 16.5. The maximum Gasteiger partial charge on any atom is 0.123 e. The molecule has 3 heteroatoms. The van der Waals surface area contributed by atoms with Crippen LogP contribution in [0, 0.1) is 5.92 Å². The molecule has 1 fully saturated rings. The molecule has 2 atom stereocenters. The summed E-state index contributed by atoms with van der Waals surface area (Å²) in [5.74, 6) is 1.77. The van der Waals surface area contributed by atoms with Crippen molar-refractivity contribution in [2.45, 2.75) is 45.7 Å². The number of para-hydroxylation sites is 1. The smallest absolute Gasteiger partial charge is 0.123 e. The molecule has 1 aliphatic heterocycles. The Morgan fingerprint density at radius 2 is 2.19 bits per heavy atom. The van der Waals surface area contributed by atoms with Gasteiger partial charge in [0.2, 0.25) is 0 Å². The lowest BCUT2D eigenvalue weighted by Crippen LogP contribution is -2.44. The van der Waals surface area contributed by atoms with Crippen molar-refractivity contribution in [3.8, 4) is 5.75 Å². The van der Waals surface area contributed by atoms with Crippen LogP contribution in [0.25, 0.3) is 0 Å². The summed E-state index contributed by atoms with van der Waals surface area (Å²) in [6.07, 6.45) is 3.86. The molecule has 21 heavy (non-hydrogen) atoms. The SMILES string of the molecule is CCCNC(C)C1CCCN(Cc2ccccc2OC)C1. The van der Waals surface area contributed by atoms with Gasteiger partial charge in [0.25, 0.3) is 0 Å². The Morgan fingerprint density at radius 1 is 1.38 bits per heavy atom. The molecule has 0 radical (unpaired) electrons. The van der Waals surface area contributed by atoms with Gasteiger partial charge in [-0.1, -0.05) is 25.1 Å². The molecule has 1 N–H and O–H groups in total. The molecule has 1 aliphatic rings. The number of piperidine rings is 1. The van der Waals surface area contributed by atoms with Gasteiger partial charge in [-0.2, -0.15) is 0 Å². The van der Waals surface area contributed by atoms with Gasteiger partial charge in [-0.3, -0.25) is 4.90 Å². The van der Waals surface area contributed by atoms with E-state index in [9.17, 15) is 0 Å². The second-order valence-electron chi connectivity index (χ2n) is 6.19. The van der Waals surface area contributed by atoms with Crippen molar-refractivity contribution >= 4 is 0 Å². The Kier molecular flexibility index (Phi) is 6.52. The van der Waals surface area contributed by atoms with Gasteiger partial charge in [0, 0.05) is 24.7 Å². The topological polar surface area (TPSA) is 24.5 Å². The second-order valence-corrected chi connectivity index (χ2v) is 6.19. The minimum atomic E-state index is 0.616. The van der Waals surface area contributed by atoms with E-state index in [1.165, 1.54) is 37.9 Å². The van der Waals surface area contributed by atoms with E-state index >= 15 is 0 Å². The van der Waals surface area contributed by atoms with Crippen molar-refractivity contribution in [2.75, 3.05) is 26.7 Å². The van der Waals surface area contributed by atoms with Crippen molar-refractivity contribution < 1.29 is 4.74 Å². The number of hydrogen-bond donors (Lipinski definition) is 1. The van der Waals surface area contributed by atoms with Crippen LogP contribution in [-0.4, -0.2) is 37.7 Å². The molecule has 2 rings (SSSR count). The van der Waals surface area contributed by atoms with Crippen LogP contribution in [0.15, 0.2) is 24.3 Å². The minimum absolute atomic E-state index is 0.616. The van der Waals surface area contributed by atoms with Gasteiger partial charge < -0.3 is 10.1 Å². The molecular weight excluding hydrogens is 260 g/mol. The molecule has 0 aliphatic carbocycles. The first kappa shape index (κ1) is 16.3. The van der Waals surface area contributed by atoms with Crippen LogP contribution < -0.4 is 10.1 Å². The second kappa shape index (κ2) is 8.40. The van der Waals surface area contributed by atoms with Crippen LogP contribution in [0.1, 0.15) is 38.7 Å². The molecule has 0 bridgehead atoms. The lowest BCUT2D eigenvalue weighted by molar-refractivity contribution is 0.143. The molecule has 2 unspecified atom stereocenters. The quantitative estimate of drug-likeness (QED) is 0.834. The Balaban J connectivity index is 1.91. The highest BCUT2D eigenvalue weighted by Gasteiger charge is 2.24. The molecule has 3 nitrogen and oxygen atoms in total. The van der Waals surface area contributed by atoms with Gasteiger partial charge in [0.1, 0.15) is 5.75 Å². The maximum atomic E-state index is 5.48. The molecule has 118 valence electrons. The molecule has 0 amide bonds. The molecule has 1 aromatic carbocycles. The summed E-state index contributed by atoms with van der Waals surface area (Å²) in [5, 5.41) is 3.66. The molecular formula is C18H30N2O. The Labute approximate surface area is 129 Å². The summed E-state index contributed by atoms with van der Waals surface area (Å²) in [5.41, 5.74) is 1.30. The number of ether oxygens (including phenoxy) is 1. The van der Waals surface area contributed by atoms with Gasteiger partial charge in [0.15, 0.2) is 0 Å². The molecule has 0 spiro atoms. The minimum Gasteiger partial charge on any atom is -0.496 e. The zero-order valence-electron chi connectivity index (χ0n) is 13.8. The first-order chi connectivity index (χ1) is 10.2. The third kappa shape index (κ3) is 4.72. The summed E-state index contributed by atoms with van der Waals surface area (Å²) in [4.78, 5) is 2.58. The lowest BCUT2D eigenvalue weighted by atomic mass is 9.91. The number of benzene rings is 1. The van der Waals surface area contributed by atoms with Crippen LogP contribution in [0.4, 0.5) is 0 Å². The normalized spacial score (nSPS) is 21.2. The highest BCUT2D eigenvalue weighted by molar-refractivity contribution is 5.33. The summed E-state index contributed by atoms with van der Waals surface area (Å²) in [6, 6.07) is 9.00. The van der Waals surface area contributed by atoms with Crippen LogP contribution in [0.5, 0.6) is 5.75 Å². The van der Waals surface area contributed by atoms with Gasteiger partial charge in [-0.05, 0) is 51.3 Å². The van der Waals surface area contributed by atoms with Crippen molar-refractivity contribution in [3.05, 3.63) is 29.8 Å². The number of nitrogens with one attached hydrogen (secondary N) is 1. The fourth-order valence-corrected chi connectivity index (χ4v) is 3.26. The van der Waals surface area contributed by atoms with E-state index in [1.807, 2.05) is 6.07 Å². The Hall–Kier alpha value is -1.06. The fourth-order valence-electron chi connectivity index (χ4n) is 3.26. The van der Waals surface area contributed by atoms with Crippen molar-refractivity contribution in [3.63, 3.8) is 0 Å². The Morgan fingerprint density at radius 3 is 2.95 bits per heavy atom. The van der Waals surface area contributed by atoms with E-state index in [0.29, 0.717) is 6.04 Å². The molecule has 0 saturated carbocycles. The number of rotatable bonds is 7. The van der Waals surface area contributed by atoms with Crippen LogP contribution in [-0.2, 0) is 6.54 Å². The van der Waals surface area contributed by atoms with Crippen LogP contribution >= 0.6 is 0 Å². The Bertz CT molecular complexity index is 421. The fraction of sp³-hybridized carbons (Fsp3) is 0.667. The zero-order valence-corrected chi connectivity index (χ0v) is 13.8. The number of methoxy groups -OCH3 is 1. The van der Waals surface area contributed by atoms with Crippen molar-refractivity contribution in [1.82, 2.24) is 10.2 Å². The van der Waals surface area contributed by atoms with E-state index < -0.39 is 0 Å². The molecule has 1 heterocycles. The van der Waals surface area contributed by atoms with E-state index in [2.05, 4.69) is 42.3 Å².